The van der Waals surface area contributed by atoms with Crippen molar-refractivity contribution in [3.05, 3.63) is 79.5 Å². The van der Waals surface area contributed by atoms with E-state index in [1.807, 2.05) is 36.4 Å². The van der Waals surface area contributed by atoms with Gasteiger partial charge in [0.2, 0.25) is 0 Å². The Hall–Kier alpha value is -2.11. The van der Waals surface area contributed by atoms with Crippen molar-refractivity contribution in [2.75, 3.05) is 0 Å². The zero-order chi connectivity index (χ0) is 17.3. The molecule has 4 nitrogen and oxygen atoms in total. The fourth-order valence-electron chi connectivity index (χ4n) is 2.53. The second-order valence-corrected chi connectivity index (χ2v) is 6.71. The highest BCUT2D eigenvalue weighted by Gasteiger charge is 2.13. The summed E-state index contributed by atoms with van der Waals surface area (Å²) in [5.41, 5.74) is 1.67. The average molecular weight is 406 g/mol. The molecule has 6 heteroatoms. The van der Waals surface area contributed by atoms with Crippen LogP contribution in [0.2, 0.25) is 5.02 Å². The predicted octanol–water partition coefficient (Wildman–Crippen LogP) is 3.88. The minimum Gasteiger partial charge on any atom is -0.348 e. The molecule has 0 unspecified atom stereocenters. The predicted molar refractivity (Wildman–Crippen MR) is 99.5 cm³/mol. The molecule has 24 heavy (non-hydrogen) atoms. The highest BCUT2D eigenvalue weighted by atomic mass is 79.9. The molecule has 0 radical (unpaired) electrons. The van der Waals surface area contributed by atoms with Crippen LogP contribution < -0.4 is 10.9 Å². The van der Waals surface area contributed by atoms with Crippen LogP contribution in [0.15, 0.2) is 57.8 Å². The summed E-state index contributed by atoms with van der Waals surface area (Å²) in [6.45, 7) is 0.286. The minimum absolute atomic E-state index is 0.222. The van der Waals surface area contributed by atoms with E-state index in [1.54, 1.807) is 13.1 Å². The number of carbonyl (C=O) groups excluding carboxylic acids is 1. The number of hydrogen-bond donors (Lipinski definition) is 1. The molecule has 0 saturated carbocycles. The van der Waals surface area contributed by atoms with E-state index in [-0.39, 0.29) is 18.0 Å². The van der Waals surface area contributed by atoms with E-state index in [9.17, 15) is 9.59 Å². The lowest BCUT2D eigenvalue weighted by Gasteiger charge is -2.11. The van der Waals surface area contributed by atoms with Crippen LogP contribution in [0.4, 0.5) is 0 Å². The van der Waals surface area contributed by atoms with Gasteiger partial charge in [0, 0.05) is 34.5 Å². The third-order valence-corrected chi connectivity index (χ3v) is 4.70. The van der Waals surface area contributed by atoms with Crippen molar-refractivity contribution in [3.63, 3.8) is 0 Å². The summed E-state index contributed by atoms with van der Waals surface area (Å²) in [6, 6.07) is 14.2. The van der Waals surface area contributed by atoms with Crippen molar-refractivity contribution in [2.45, 2.75) is 6.54 Å². The van der Waals surface area contributed by atoms with Crippen molar-refractivity contribution in [2.24, 2.45) is 7.05 Å². The first-order chi connectivity index (χ1) is 11.5. The first kappa shape index (κ1) is 16.7. The van der Waals surface area contributed by atoms with Crippen LogP contribution in [0.1, 0.15) is 15.9 Å². The van der Waals surface area contributed by atoms with Gasteiger partial charge in [0.1, 0.15) is 0 Å². The first-order valence-electron chi connectivity index (χ1n) is 7.28. The van der Waals surface area contributed by atoms with E-state index in [4.69, 9.17) is 11.6 Å². The molecule has 1 aromatic heterocycles. The SMILES string of the molecule is Cn1c(=O)cc(C(=O)NCc2ccc(Br)cc2Cl)c2ccccc21. The van der Waals surface area contributed by atoms with Gasteiger partial charge in [0.15, 0.2) is 0 Å². The Morgan fingerprint density at radius 3 is 2.71 bits per heavy atom. The summed E-state index contributed by atoms with van der Waals surface area (Å²) in [6.07, 6.45) is 0. The van der Waals surface area contributed by atoms with Gasteiger partial charge in [-0.2, -0.15) is 0 Å². The number of aromatic nitrogens is 1. The molecular formula is C18H14BrClN2O2. The van der Waals surface area contributed by atoms with Gasteiger partial charge in [0.25, 0.3) is 11.5 Å². The van der Waals surface area contributed by atoms with Crippen LogP contribution in [-0.4, -0.2) is 10.5 Å². The van der Waals surface area contributed by atoms with Crippen LogP contribution >= 0.6 is 27.5 Å². The number of halogens is 2. The van der Waals surface area contributed by atoms with Gasteiger partial charge >= 0.3 is 0 Å². The van der Waals surface area contributed by atoms with E-state index >= 15 is 0 Å². The summed E-state index contributed by atoms with van der Waals surface area (Å²) in [5, 5.41) is 4.13. The lowest BCUT2D eigenvalue weighted by Crippen LogP contribution is -2.26. The maximum Gasteiger partial charge on any atom is 0.252 e. The van der Waals surface area contributed by atoms with Gasteiger partial charge in [-0.3, -0.25) is 9.59 Å². The van der Waals surface area contributed by atoms with Crippen molar-refractivity contribution in [1.82, 2.24) is 9.88 Å². The molecule has 0 aliphatic rings. The molecule has 0 bridgehead atoms. The van der Waals surface area contributed by atoms with E-state index in [0.717, 1.165) is 20.9 Å². The van der Waals surface area contributed by atoms with E-state index in [1.165, 1.54) is 10.6 Å². The number of nitrogens with one attached hydrogen (secondary N) is 1. The molecule has 0 spiro atoms. The van der Waals surface area contributed by atoms with Crippen molar-refractivity contribution in [1.29, 1.82) is 0 Å². The Labute approximate surface area is 152 Å². The Balaban J connectivity index is 1.92. The van der Waals surface area contributed by atoms with Crippen molar-refractivity contribution < 1.29 is 4.79 Å². The number of para-hydroxylation sites is 1. The molecule has 3 aromatic rings. The summed E-state index contributed by atoms with van der Waals surface area (Å²) in [7, 11) is 1.69. The maximum absolute atomic E-state index is 12.6. The van der Waals surface area contributed by atoms with E-state index in [2.05, 4.69) is 21.2 Å². The Kier molecular flexibility index (Phi) is 4.73. The molecule has 0 fully saturated rings. The third-order valence-electron chi connectivity index (χ3n) is 3.85. The number of nitrogens with zero attached hydrogens (tertiary/aromatic N) is 1. The second-order valence-electron chi connectivity index (χ2n) is 5.39. The van der Waals surface area contributed by atoms with E-state index in [0.29, 0.717) is 10.6 Å². The second kappa shape index (κ2) is 6.79. The van der Waals surface area contributed by atoms with Crippen LogP contribution in [0.3, 0.4) is 0 Å². The lowest BCUT2D eigenvalue weighted by atomic mass is 10.1. The zero-order valence-corrected chi connectivity index (χ0v) is 15.2. The third kappa shape index (κ3) is 3.23. The molecule has 3 rings (SSSR count). The Morgan fingerprint density at radius 1 is 1.21 bits per heavy atom. The quantitative estimate of drug-likeness (QED) is 0.719. The fraction of sp³-hybridized carbons (Fsp3) is 0.111. The topological polar surface area (TPSA) is 51.1 Å². The number of pyridine rings is 1. The normalized spacial score (nSPS) is 10.8. The molecule has 0 aliphatic carbocycles. The summed E-state index contributed by atoms with van der Waals surface area (Å²) < 4.78 is 2.40. The van der Waals surface area contributed by atoms with Gasteiger partial charge in [-0.15, -0.1) is 0 Å². The summed E-state index contributed by atoms with van der Waals surface area (Å²) >= 11 is 9.51. The number of fused-ring (bicyclic) bond motifs is 1. The highest BCUT2D eigenvalue weighted by Crippen LogP contribution is 2.21. The average Bonchev–Trinajstić information content (AvgIpc) is 2.57. The molecule has 1 heterocycles. The smallest absolute Gasteiger partial charge is 0.252 e. The van der Waals surface area contributed by atoms with Crippen molar-refractivity contribution >= 4 is 44.3 Å². The number of carbonyl (C=O) groups is 1. The molecule has 2 aromatic carbocycles. The van der Waals surface area contributed by atoms with Gasteiger partial charge in [-0.25, -0.2) is 0 Å². The van der Waals surface area contributed by atoms with E-state index < -0.39 is 0 Å². The molecule has 122 valence electrons. The number of benzene rings is 2. The van der Waals surface area contributed by atoms with Gasteiger partial charge in [-0.05, 0) is 23.8 Å². The maximum atomic E-state index is 12.6. The standard InChI is InChI=1S/C18H14BrClN2O2/c1-22-16-5-3-2-4-13(16)14(9-17(22)23)18(24)21-10-11-6-7-12(19)8-15(11)20/h2-9H,10H2,1H3,(H,21,24). The molecule has 0 saturated heterocycles. The molecule has 0 atom stereocenters. The number of aryl methyl sites for hydroxylation is 1. The van der Waals surface area contributed by atoms with Crippen LogP contribution in [0.5, 0.6) is 0 Å². The summed E-state index contributed by atoms with van der Waals surface area (Å²) in [5.74, 6) is -0.303. The van der Waals surface area contributed by atoms with Crippen LogP contribution in [0.25, 0.3) is 10.9 Å². The summed E-state index contributed by atoms with van der Waals surface area (Å²) in [4.78, 5) is 24.6. The zero-order valence-electron chi connectivity index (χ0n) is 12.8. The lowest BCUT2D eigenvalue weighted by molar-refractivity contribution is 0.0952. The largest absolute Gasteiger partial charge is 0.348 e. The van der Waals surface area contributed by atoms with Crippen LogP contribution in [-0.2, 0) is 13.6 Å². The highest BCUT2D eigenvalue weighted by molar-refractivity contribution is 9.10. The van der Waals surface area contributed by atoms with Crippen LogP contribution in [0, 0.1) is 0 Å². The number of hydrogen-bond acceptors (Lipinski definition) is 2. The molecule has 1 amide bonds. The van der Waals surface area contributed by atoms with Gasteiger partial charge in [0.05, 0.1) is 11.1 Å². The van der Waals surface area contributed by atoms with Gasteiger partial charge < -0.3 is 9.88 Å². The molecular weight excluding hydrogens is 392 g/mol. The first-order valence-corrected chi connectivity index (χ1v) is 8.45. The Bertz CT molecular complexity index is 998. The Morgan fingerprint density at radius 2 is 1.96 bits per heavy atom. The molecule has 0 aliphatic heterocycles. The number of rotatable bonds is 3. The minimum atomic E-state index is -0.303. The monoisotopic (exact) mass is 404 g/mol. The fourth-order valence-corrected chi connectivity index (χ4v) is 3.27. The van der Waals surface area contributed by atoms with Gasteiger partial charge in [-0.1, -0.05) is 51.8 Å². The number of amides is 1. The van der Waals surface area contributed by atoms with Crippen molar-refractivity contribution in [3.8, 4) is 0 Å². The molecule has 1 N–H and O–H groups in total.